The molecule has 1 atom stereocenters. The summed E-state index contributed by atoms with van der Waals surface area (Å²) in [7, 11) is 0. The Bertz CT molecular complexity index is 1410. The monoisotopic (exact) mass is 515 g/mol. The van der Waals surface area contributed by atoms with E-state index >= 15 is 0 Å². The van der Waals surface area contributed by atoms with Gasteiger partial charge in [0.2, 0.25) is 0 Å². The van der Waals surface area contributed by atoms with Crippen LogP contribution in [0.25, 0.3) is 22.2 Å². The summed E-state index contributed by atoms with van der Waals surface area (Å²) >= 11 is 0. The molecular formula is C31H37N3O4. The molecule has 7 nitrogen and oxygen atoms in total. The maximum atomic E-state index is 12.7. The van der Waals surface area contributed by atoms with E-state index in [9.17, 15) is 14.7 Å². The Hall–Kier alpha value is -3.48. The van der Waals surface area contributed by atoms with Gasteiger partial charge in [-0.3, -0.25) is 0 Å². The first-order valence-corrected chi connectivity index (χ1v) is 14.0. The summed E-state index contributed by atoms with van der Waals surface area (Å²) in [6.07, 6.45) is 6.48. The fraction of sp³-hybridized carbons (Fsp3) is 0.484. The van der Waals surface area contributed by atoms with Crippen LogP contribution in [0.2, 0.25) is 0 Å². The molecule has 3 aromatic rings. The van der Waals surface area contributed by atoms with Gasteiger partial charge in [-0.15, -0.1) is 0 Å². The number of carboxylic acid groups (broad SMARTS) is 1. The van der Waals surface area contributed by atoms with E-state index in [2.05, 4.69) is 33.0 Å². The van der Waals surface area contributed by atoms with Crippen LogP contribution in [0.3, 0.4) is 0 Å². The lowest BCUT2D eigenvalue weighted by Crippen LogP contribution is -2.40. The molecule has 6 rings (SSSR count). The molecule has 1 aromatic heterocycles. The summed E-state index contributed by atoms with van der Waals surface area (Å²) in [6.45, 7) is 8.11. The zero-order valence-electron chi connectivity index (χ0n) is 22.5. The molecule has 0 radical (unpaired) electrons. The number of carboxylic acids is 1. The number of alkyl carbamates (subject to hydrolysis) is 1. The number of anilines is 1. The van der Waals surface area contributed by atoms with Gasteiger partial charge in [0, 0.05) is 36.1 Å². The molecule has 1 amide bonds. The average Bonchev–Trinajstić information content (AvgIpc) is 3.11. The average molecular weight is 516 g/mol. The largest absolute Gasteiger partial charge is 0.478 e. The minimum Gasteiger partial charge on any atom is -0.478 e. The van der Waals surface area contributed by atoms with Crippen molar-refractivity contribution in [1.82, 2.24) is 9.88 Å². The summed E-state index contributed by atoms with van der Waals surface area (Å²) < 4.78 is 7.96. The number of nitrogens with one attached hydrogen (secondary N) is 1. The third-order valence-corrected chi connectivity index (χ3v) is 8.35. The van der Waals surface area contributed by atoms with E-state index < -0.39 is 11.6 Å². The SMILES string of the molecule is CC(C)(C)OC(=O)N[C@H]1CCN2CCn3c(c(C4CCCCC4)c4ccc(C(=O)O)cc43)-c3cccc1c32. The number of ether oxygens (including phenoxy) is 1. The fourth-order valence-corrected chi connectivity index (χ4v) is 6.82. The second-order valence-corrected chi connectivity index (χ2v) is 12.0. The Morgan fingerprint density at radius 2 is 1.79 bits per heavy atom. The molecule has 2 N–H and O–H groups in total. The third-order valence-electron chi connectivity index (χ3n) is 8.35. The molecule has 0 saturated heterocycles. The molecule has 3 aliphatic rings. The molecule has 2 aromatic carbocycles. The van der Waals surface area contributed by atoms with Crippen molar-refractivity contribution in [3.8, 4) is 11.3 Å². The highest BCUT2D eigenvalue weighted by atomic mass is 16.6. The van der Waals surface area contributed by atoms with Crippen molar-refractivity contribution in [2.75, 3.05) is 18.0 Å². The molecule has 0 spiro atoms. The topological polar surface area (TPSA) is 83.8 Å². The lowest BCUT2D eigenvalue weighted by molar-refractivity contribution is 0.0500. The Morgan fingerprint density at radius 3 is 2.53 bits per heavy atom. The van der Waals surface area contributed by atoms with Gasteiger partial charge in [0.15, 0.2) is 0 Å². The molecule has 1 aliphatic carbocycles. The molecule has 0 bridgehead atoms. The van der Waals surface area contributed by atoms with Crippen LogP contribution >= 0.6 is 0 Å². The van der Waals surface area contributed by atoms with Crippen molar-refractivity contribution in [3.05, 3.63) is 53.1 Å². The number of fused-ring (bicyclic) bond motifs is 4. The smallest absolute Gasteiger partial charge is 0.408 e. The van der Waals surface area contributed by atoms with Crippen LogP contribution in [0.15, 0.2) is 36.4 Å². The molecule has 0 unspecified atom stereocenters. The molecule has 7 heteroatoms. The van der Waals surface area contributed by atoms with Gasteiger partial charge in [-0.05, 0) is 69.2 Å². The zero-order chi connectivity index (χ0) is 26.6. The van der Waals surface area contributed by atoms with Crippen LogP contribution in [0.1, 0.15) is 92.7 Å². The van der Waals surface area contributed by atoms with Crippen LogP contribution in [-0.2, 0) is 11.3 Å². The third kappa shape index (κ3) is 4.32. The van der Waals surface area contributed by atoms with Crippen LogP contribution in [0.5, 0.6) is 0 Å². The van der Waals surface area contributed by atoms with E-state index in [1.165, 1.54) is 47.2 Å². The van der Waals surface area contributed by atoms with Gasteiger partial charge in [0.25, 0.3) is 0 Å². The normalized spacial score (nSPS) is 19.4. The molecule has 1 saturated carbocycles. The van der Waals surface area contributed by atoms with E-state index in [0.717, 1.165) is 50.0 Å². The van der Waals surface area contributed by atoms with Gasteiger partial charge >= 0.3 is 12.1 Å². The standard InChI is InChI=1S/C31H37N3O4/c1-31(2,3)38-30(37)32-24-14-15-33-16-17-34-25-18-20(29(35)36)12-13-22(25)26(19-8-5-4-6-9-19)28(34)23-11-7-10-21(24)27(23)33/h7,10-13,18-19,24H,4-6,8-9,14-17H2,1-3H3,(H,32,37)(H,35,36)/t24-/m0/s1. The maximum Gasteiger partial charge on any atom is 0.408 e. The number of benzene rings is 2. The zero-order valence-corrected chi connectivity index (χ0v) is 22.5. The summed E-state index contributed by atoms with van der Waals surface area (Å²) in [5.41, 5.74) is 6.89. The van der Waals surface area contributed by atoms with Crippen molar-refractivity contribution >= 4 is 28.7 Å². The highest BCUT2D eigenvalue weighted by molar-refractivity contribution is 6.00. The highest BCUT2D eigenvalue weighted by Gasteiger charge is 2.35. The second-order valence-electron chi connectivity index (χ2n) is 12.0. The second kappa shape index (κ2) is 9.37. The Morgan fingerprint density at radius 1 is 1.00 bits per heavy atom. The number of rotatable bonds is 3. The van der Waals surface area contributed by atoms with Crippen molar-refractivity contribution in [3.63, 3.8) is 0 Å². The van der Waals surface area contributed by atoms with Crippen LogP contribution in [0, 0.1) is 0 Å². The molecule has 3 heterocycles. The summed E-state index contributed by atoms with van der Waals surface area (Å²) in [5, 5.41) is 14.1. The minimum absolute atomic E-state index is 0.122. The number of amides is 1. The van der Waals surface area contributed by atoms with Crippen molar-refractivity contribution in [2.45, 2.75) is 83.4 Å². The first-order chi connectivity index (χ1) is 18.2. The van der Waals surface area contributed by atoms with E-state index in [1.54, 1.807) is 6.07 Å². The quantitative estimate of drug-likeness (QED) is 0.399. The van der Waals surface area contributed by atoms with Gasteiger partial charge in [-0.25, -0.2) is 9.59 Å². The predicted molar refractivity (Wildman–Crippen MR) is 149 cm³/mol. The van der Waals surface area contributed by atoms with Gasteiger partial charge in [0.05, 0.1) is 23.0 Å². The molecule has 200 valence electrons. The van der Waals surface area contributed by atoms with Crippen molar-refractivity contribution in [2.24, 2.45) is 0 Å². The molecule has 1 fully saturated rings. The van der Waals surface area contributed by atoms with Gasteiger partial charge in [0.1, 0.15) is 5.60 Å². The number of hydrogen-bond donors (Lipinski definition) is 2. The number of aromatic nitrogens is 1. The summed E-state index contributed by atoms with van der Waals surface area (Å²) in [4.78, 5) is 27.1. The number of carbonyl (C=O) groups is 2. The van der Waals surface area contributed by atoms with E-state index in [1.807, 2.05) is 32.9 Å². The summed E-state index contributed by atoms with van der Waals surface area (Å²) in [5.74, 6) is -0.437. The Kier molecular flexibility index (Phi) is 6.12. The van der Waals surface area contributed by atoms with Crippen LogP contribution in [-0.4, -0.2) is 40.4 Å². The van der Waals surface area contributed by atoms with Crippen molar-refractivity contribution in [1.29, 1.82) is 0 Å². The highest BCUT2D eigenvalue weighted by Crippen LogP contribution is 2.50. The Labute approximate surface area is 223 Å². The number of aromatic carboxylic acids is 1. The van der Waals surface area contributed by atoms with Crippen LogP contribution < -0.4 is 10.2 Å². The van der Waals surface area contributed by atoms with Gasteiger partial charge in [-0.2, -0.15) is 0 Å². The lowest BCUT2D eigenvalue weighted by atomic mass is 9.81. The number of carbonyl (C=O) groups excluding carboxylic acids is 1. The predicted octanol–water partition coefficient (Wildman–Crippen LogP) is 6.84. The first kappa shape index (κ1) is 24.8. The number of nitrogens with zero attached hydrogens (tertiary/aromatic N) is 2. The van der Waals surface area contributed by atoms with Gasteiger partial charge < -0.3 is 24.6 Å². The lowest BCUT2D eigenvalue weighted by Gasteiger charge is -2.36. The minimum atomic E-state index is -0.895. The molecular weight excluding hydrogens is 478 g/mol. The fourth-order valence-electron chi connectivity index (χ4n) is 6.82. The first-order valence-electron chi connectivity index (χ1n) is 14.0. The Balaban J connectivity index is 1.52. The van der Waals surface area contributed by atoms with E-state index in [0.29, 0.717) is 11.5 Å². The van der Waals surface area contributed by atoms with Crippen molar-refractivity contribution < 1.29 is 19.4 Å². The number of hydrogen-bond acceptors (Lipinski definition) is 4. The number of para-hydroxylation sites is 1. The molecule has 2 aliphatic heterocycles. The maximum absolute atomic E-state index is 12.7. The van der Waals surface area contributed by atoms with E-state index in [-0.39, 0.29) is 12.1 Å². The van der Waals surface area contributed by atoms with Crippen LogP contribution in [0.4, 0.5) is 10.5 Å². The molecule has 38 heavy (non-hydrogen) atoms. The van der Waals surface area contributed by atoms with Gasteiger partial charge in [-0.1, -0.05) is 43.5 Å². The summed E-state index contributed by atoms with van der Waals surface area (Å²) in [6, 6.07) is 12.0. The van der Waals surface area contributed by atoms with E-state index in [4.69, 9.17) is 4.74 Å².